The van der Waals surface area contributed by atoms with Crippen molar-refractivity contribution in [2.45, 2.75) is 13.8 Å². The van der Waals surface area contributed by atoms with Crippen molar-refractivity contribution in [1.82, 2.24) is 0 Å². The van der Waals surface area contributed by atoms with E-state index in [4.69, 9.17) is 9.05 Å². The van der Waals surface area contributed by atoms with Gasteiger partial charge in [0.05, 0.1) is 0 Å². The highest BCUT2D eigenvalue weighted by atomic mass is 31.1. The molecule has 0 spiro atoms. The predicted molar refractivity (Wildman–Crippen MR) is 73.1 cm³/mol. The molecular formula is C14H16O3P+. The van der Waals surface area contributed by atoms with Crippen molar-refractivity contribution in [2.24, 2.45) is 0 Å². The lowest BCUT2D eigenvalue weighted by molar-refractivity contribution is 0.415. The zero-order valence-corrected chi connectivity index (χ0v) is 11.3. The number of para-hydroxylation sites is 2. The van der Waals surface area contributed by atoms with Crippen LogP contribution in [0, 0.1) is 0 Å². The van der Waals surface area contributed by atoms with E-state index in [1.807, 2.05) is 26.0 Å². The predicted octanol–water partition coefficient (Wildman–Crippen LogP) is 4.83. The Morgan fingerprint density at radius 2 is 1.06 bits per heavy atom. The van der Waals surface area contributed by atoms with Gasteiger partial charge >= 0.3 is 8.25 Å². The minimum absolute atomic E-state index is 0.527. The number of rotatable bonds is 4. The normalized spacial score (nSPS) is 8.78. The van der Waals surface area contributed by atoms with Crippen LogP contribution in [0.3, 0.4) is 0 Å². The van der Waals surface area contributed by atoms with Gasteiger partial charge in [-0.05, 0) is 24.3 Å². The summed E-state index contributed by atoms with van der Waals surface area (Å²) in [5.41, 5.74) is 0. The van der Waals surface area contributed by atoms with Gasteiger partial charge in [-0.1, -0.05) is 50.2 Å². The Hall–Kier alpha value is -1.86. The van der Waals surface area contributed by atoms with Crippen LogP contribution in [0.5, 0.6) is 11.5 Å². The van der Waals surface area contributed by atoms with Crippen molar-refractivity contribution >= 4 is 8.25 Å². The summed E-state index contributed by atoms with van der Waals surface area (Å²) in [6.45, 7) is 4.00. The maximum absolute atomic E-state index is 11.5. The third-order valence-electron chi connectivity index (χ3n) is 1.85. The van der Waals surface area contributed by atoms with Crippen molar-refractivity contribution in [3.63, 3.8) is 0 Å². The molecule has 0 saturated heterocycles. The Morgan fingerprint density at radius 1 is 0.722 bits per heavy atom. The van der Waals surface area contributed by atoms with E-state index in [9.17, 15) is 4.57 Å². The van der Waals surface area contributed by atoms with Crippen LogP contribution in [0.1, 0.15) is 13.8 Å². The minimum Gasteiger partial charge on any atom is -0.222 e. The Morgan fingerprint density at radius 3 is 1.39 bits per heavy atom. The minimum atomic E-state index is -2.18. The molecule has 0 aliphatic rings. The molecule has 2 aromatic rings. The van der Waals surface area contributed by atoms with Crippen LogP contribution < -0.4 is 9.05 Å². The van der Waals surface area contributed by atoms with E-state index >= 15 is 0 Å². The molecule has 0 aliphatic carbocycles. The van der Waals surface area contributed by atoms with Crippen LogP contribution in [0.15, 0.2) is 60.7 Å². The lowest BCUT2D eigenvalue weighted by atomic mass is 10.3. The Kier molecular flexibility index (Phi) is 6.52. The molecule has 94 valence electrons. The Labute approximate surface area is 108 Å². The molecule has 4 heteroatoms. The van der Waals surface area contributed by atoms with Crippen molar-refractivity contribution in [3.8, 4) is 11.5 Å². The highest BCUT2D eigenvalue weighted by Gasteiger charge is 2.23. The summed E-state index contributed by atoms with van der Waals surface area (Å²) in [6, 6.07) is 17.8. The fraction of sp³-hybridized carbons (Fsp3) is 0.143. The van der Waals surface area contributed by atoms with Crippen LogP contribution in [-0.2, 0) is 4.57 Å². The summed E-state index contributed by atoms with van der Waals surface area (Å²) in [5, 5.41) is 0. The Bertz CT molecular complexity index is 413. The molecule has 2 aromatic carbocycles. The van der Waals surface area contributed by atoms with Gasteiger partial charge in [0.1, 0.15) is 0 Å². The zero-order chi connectivity index (χ0) is 13.2. The van der Waals surface area contributed by atoms with Crippen molar-refractivity contribution < 1.29 is 13.6 Å². The molecule has 3 nitrogen and oxygen atoms in total. The molecule has 0 heterocycles. The quantitative estimate of drug-likeness (QED) is 0.741. The second-order valence-electron chi connectivity index (χ2n) is 3.03. The van der Waals surface area contributed by atoms with Gasteiger partial charge in [-0.15, -0.1) is 0 Å². The molecule has 0 N–H and O–H groups in total. The highest BCUT2D eigenvalue weighted by molar-refractivity contribution is 7.34. The topological polar surface area (TPSA) is 35.5 Å². The first-order valence-electron chi connectivity index (χ1n) is 5.78. The third-order valence-corrected chi connectivity index (χ3v) is 2.57. The van der Waals surface area contributed by atoms with E-state index in [0.717, 1.165) is 0 Å². The van der Waals surface area contributed by atoms with Gasteiger partial charge in [-0.2, -0.15) is 0 Å². The molecular weight excluding hydrogens is 247 g/mol. The molecule has 0 unspecified atom stereocenters. The molecule has 0 aromatic heterocycles. The van der Waals surface area contributed by atoms with Crippen molar-refractivity contribution in [2.75, 3.05) is 0 Å². The SMILES string of the molecule is CC.O=[P+](Oc1ccccc1)Oc1ccccc1. The maximum Gasteiger partial charge on any atom is 0.805 e. The molecule has 0 atom stereocenters. The molecule has 0 bridgehead atoms. The van der Waals surface area contributed by atoms with Gasteiger partial charge in [0.25, 0.3) is 0 Å². The summed E-state index contributed by atoms with van der Waals surface area (Å²) >= 11 is 0. The summed E-state index contributed by atoms with van der Waals surface area (Å²) in [6.07, 6.45) is 0. The average molecular weight is 263 g/mol. The summed E-state index contributed by atoms with van der Waals surface area (Å²) in [5.74, 6) is 1.05. The fourth-order valence-corrected chi connectivity index (χ4v) is 1.78. The van der Waals surface area contributed by atoms with Gasteiger partial charge in [0, 0.05) is 4.57 Å². The fourth-order valence-electron chi connectivity index (χ4n) is 1.15. The third kappa shape index (κ3) is 4.98. The first-order valence-corrected chi connectivity index (χ1v) is 6.87. The molecule has 0 saturated carbocycles. The van der Waals surface area contributed by atoms with E-state index in [0.29, 0.717) is 11.5 Å². The monoisotopic (exact) mass is 263 g/mol. The maximum atomic E-state index is 11.5. The zero-order valence-electron chi connectivity index (χ0n) is 10.4. The standard InChI is InChI=1S/C12H10O3P.C2H6/c13-16(14-11-7-3-1-4-8-11)15-12-9-5-2-6-10-12;1-2/h1-10H;1-2H3/q+1;. The van der Waals surface area contributed by atoms with Gasteiger partial charge < -0.3 is 0 Å². The van der Waals surface area contributed by atoms with Gasteiger partial charge in [-0.25, -0.2) is 9.05 Å². The molecule has 0 fully saturated rings. The number of hydrogen-bond donors (Lipinski definition) is 0. The number of hydrogen-bond acceptors (Lipinski definition) is 3. The molecule has 0 aliphatic heterocycles. The van der Waals surface area contributed by atoms with E-state index in [-0.39, 0.29) is 0 Å². The van der Waals surface area contributed by atoms with E-state index in [2.05, 4.69) is 0 Å². The summed E-state index contributed by atoms with van der Waals surface area (Å²) in [7, 11) is -2.18. The van der Waals surface area contributed by atoms with Crippen molar-refractivity contribution in [3.05, 3.63) is 60.7 Å². The van der Waals surface area contributed by atoms with Gasteiger partial charge in [0.2, 0.25) is 0 Å². The first-order chi connectivity index (χ1) is 8.84. The second kappa shape index (κ2) is 8.26. The van der Waals surface area contributed by atoms with Gasteiger partial charge in [0.15, 0.2) is 11.5 Å². The second-order valence-corrected chi connectivity index (χ2v) is 3.84. The van der Waals surface area contributed by atoms with E-state index in [1.54, 1.807) is 48.5 Å². The molecule has 0 amide bonds. The van der Waals surface area contributed by atoms with Crippen LogP contribution >= 0.6 is 8.25 Å². The molecule has 0 radical (unpaired) electrons. The van der Waals surface area contributed by atoms with Gasteiger partial charge in [-0.3, -0.25) is 0 Å². The lowest BCUT2D eigenvalue weighted by Gasteiger charge is -1.92. The largest absolute Gasteiger partial charge is 0.805 e. The Balaban J connectivity index is 0.000000771. The average Bonchev–Trinajstić information content (AvgIpc) is 2.43. The smallest absolute Gasteiger partial charge is 0.222 e. The van der Waals surface area contributed by atoms with Crippen molar-refractivity contribution in [1.29, 1.82) is 0 Å². The molecule has 18 heavy (non-hydrogen) atoms. The highest BCUT2D eigenvalue weighted by Crippen LogP contribution is 2.29. The van der Waals surface area contributed by atoms with Crippen LogP contribution in [0.4, 0.5) is 0 Å². The summed E-state index contributed by atoms with van der Waals surface area (Å²) < 4.78 is 21.7. The van der Waals surface area contributed by atoms with Crippen LogP contribution in [0.2, 0.25) is 0 Å². The van der Waals surface area contributed by atoms with E-state index < -0.39 is 8.25 Å². The van der Waals surface area contributed by atoms with E-state index in [1.165, 1.54) is 0 Å². The lowest BCUT2D eigenvalue weighted by Crippen LogP contribution is -1.87. The molecule has 2 rings (SSSR count). The summed E-state index contributed by atoms with van der Waals surface area (Å²) in [4.78, 5) is 0. The number of benzene rings is 2. The van der Waals surface area contributed by atoms with Crippen LogP contribution in [-0.4, -0.2) is 0 Å². The van der Waals surface area contributed by atoms with Crippen LogP contribution in [0.25, 0.3) is 0 Å². The first kappa shape index (κ1) is 14.2.